The van der Waals surface area contributed by atoms with Crippen molar-refractivity contribution in [1.82, 2.24) is 20.6 Å². The molecule has 1 aromatic heterocycles. The molecular formula is C13H15ClFN5O. The fourth-order valence-corrected chi connectivity index (χ4v) is 2.83. The van der Waals surface area contributed by atoms with Crippen LogP contribution < -0.4 is 4.90 Å². The molecule has 21 heavy (non-hydrogen) atoms. The maximum Gasteiger partial charge on any atom is 0.209 e. The first kappa shape index (κ1) is 14.2. The highest BCUT2D eigenvalue weighted by Gasteiger charge is 2.29. The van der Waals surface area contributed by atoms with Crippen LogP contribution >= 0.6 is 11.6 Å². The van der Waals surface area contributed by atoms with Crippen molar-refractivity contribution in [3.05, 3.63) is 22.5 Å². The van der Waals surface area contributed by atoms with Gasteiger partial charge in [-0.05, 0) is 30.2 Å². The van der Waals surface area contributed by atoms with Crippen molar-refractivity contribution < 1.29 is 9.13 Å². The molecule has 8 heteroatoms. The van der Waals surface area contributed by atoms with Crippen LogP contribution in [-0.2, 0) is 11.2 Å². The predicted octanol–water partition coefficient (Wildman–Crippen LogP) is 2.06. The van der Waals surface area contributed by atoms with E-state index in [1.165, 1.54) is 0 Å². The summed E-state index contributed by atoms with van der Waals surface area (Å²) >= 11 is 5.98. The molecule has 1 aromatic carbocycles. The van der Waals surface area contributed by atoms with E-state index in [1.54, 1.807) is 6.07 Å². The third-order valence-electron chi connectivity index (χ3n) is 3.52. The molecule has 0 saturated carbocycles. The minimum absolute atomic E-state index is 0.0835. The Morgan fingerprint density at radius 2 is 2.38 bits per heavy atom. The molecule has 6 nitrogen and oxygen atoms in total. The molecule has 1 aliphatic heterocycles. The molecule has 0 aliphatic carbocycles. The number of hydrogen-bond donors (Lipinski definition) is 1. The molecular weight excluding hydrogens is 297 g/mol. The van der Waals surface area contributed by atoms with Crippen molar-refractivity contribution >= 4 is 17.3 Å². The highest BCUT2D eigenvalue weighted by atomic mass is 35.5. The van der Waals surface area contributed by atoms with Gasteiger partial charge in [0.1, 0.15) is 0 Å². The first-order chi connectivity index (χ1) is 10.2. The summed E-state index contributed by atoms with van der Waals surface area (Å²) in [6, 6.07) is 1.68. The lowest BCUT2D eigenvalue weighted by Gasteiger charge is -2.21. The van der Waals surface area contributed by atoms with E-state index in [2.05, 4.69) is 25.5 Å². The Morgan fingerprint density at radius 3 is 3.10 bits per heavy atom. The van der Waals surface area contributed by atoms with Crippen molar-refractivity contribution in [1.29, 1.82) is 0 Å². The van der Waals surface area contributed by atoms with Crippen LogP contribution in [0, 0.1) is 5.82 Å². The summed E-state index contributed by atoms with van der Waals surface area (Å²) in [5.41, 5.74) is 2.09. The van der Waals surface area contributed by atoms with Crippen molar-refractivity contribution in [2.75, 3.05) is 31.2 Å². The minimum atomic E-state index is -0.514. The second-order valence-electron chi connectivity index (χ2n) is 4.72. The second kappa shape index (κ2) is 5.95. The third-order valence-corrected chi connectivity index (χ3v) is 3.79. The molecule has 2 aromatic rings. The molecule has 0 bridgehead atoms. The van der Waals surface area contributed by atoms with Crippen LogP contribution in [0.5, 0.6) is 0 Å². The standard InChI is InChI=1S/C13H15ClFN5O/c1-2-21-6-5-20-4-3-8-7-9(14)11(15)10(12(8)20)13-16-18-19-17-13/h7H,2-6H2,1H3,(H,16,17,18,19). The molecule has 2 heterocycles. The minimum Gasteiger partial charge on any atom is -0.380 e. The molecule has 112 valence electrons. The van der Waals surface area contributed by atoms with Gasteiger partial charge in [0.25, 0.3) is 0 Å². The largest absolute Gasteiger partial charge is 0.380 e. The highest BCUT2D eigenvalue weighted by Crippen LogP contribution is 2.41. The van der Waals surface area contributed by atoms with Gasteiger partial charge in [-0.3, -0.25) is 0 Å². The van der Waals surface area contributed by atoms with Crippen LogP contribution in [0.2, 0.25) is 5.02 Å². The molecule has 1 N–H and O–H groups in total. The normalized spacial score (nSPS) is 13.8. The van der Waals surface area contributed by atoms with Crippen LogP contribution in [0.4, 0.5) is 10.1 Å². The number of nitrogens with one attached hydrogen (secondary N) is 1. The number of halogens is 2. The zero-order chi connectivity index (χ0) is 14.8. The summed E-state index contributed by atoms with van der Waals surface area (Å²) in [6.07, 6.45) is 0.812. The lowest BCUT2D eigenvalue weighted by Crippen LogP contribution is -2.26. The van der Waals surface area contributed by atoms with Crippen molar-refractivity contribution in [3.8, 4) is 11.4 Å². The van der Waals surface area contributed by atoms with Gasteiger partial charge in [0.15, 0.2) is 5.82 Å². The van der Waals surface area contributed by atoms with Gasteiger partial charge in [0, 0.05) is 19.7 Å². The Hall–Kier alpha value is -1.73. The molecule has 3 rings (SSSR count). The fraction of sp³-hybridized carbons (Fsp3) is 0.462. The fourth-order valence-electron chi connectivity index (χ4n) is 2.60. The monoisotopic (exact) mass is 311 g/mol. The quantitative estimate of drug-likeness (QED) is 0.856. The summed E-state index contributed by atoms with van der Waals surface area (Å²) in [6.45, 7) is 4.68. The maximum absolute atomic E-state index is 14.5. The maximum atomic E-state index is 14.5. The van der Waals surface area contributed by atoms with Gasteiger partial charge in [0.05, 0.1) is 22.9 Å². The first-order valence-corrected chi connectivity index (χ1v) is 7.17. The zero-order valence-electron chi connectivity index (χ0n) is 11.6. The van der Waals surface area contributed by atoms with Crippen LogP contribution in [0.1, 0.15) is 12.5 Å². The zero-order valence-corrected chi connectivity index (χ0v) is 12.3. The number of rotatable bonds is 5. The van der Waals surface area contributed by atoms with E-state index in [0.717, 1.165) is 24.2 Å². The summed E-state index contributed by atoms with van der Waals surface area (Å²) in [5.74, 6) is -0.297. The number of hydrogen-bond acceptors (Lipinski definition) is 5. The lowest BCUT2D eigenvalue weighted by atomic mass is 10.1. The SMILES string of the molecule is CCOCCN1CCc2cc(Cl)c(F)c(-c3nn[nH]n3)c21. The molecule has 1 aliphatic rings. The second-order valence-corrected chi connectivity index (χ2v) is 5.13. The predicted molar refractivity (Wildman–Crippen MR) is 77.0 cm³/mol. The van der Waals surface area contributed by atoms with Crippen molar-refractivity contribution in [2.24, 2.45) is 0 Å². The number of fused-ring (bicyclic) bond motifs is 1. The smallest absolute Gasteiger partial charge is 0.209 e. The van der Waals surface area contributed by atoms with Crippen LogP contribution in [-0.4, -0.2) is 46.9 Å². The van der Waals surface area contributed by atoms with Crippen LogP contribution in [0.3, 0.4) is 0 Å². The Kier molecular flexibility index (Phi) is 4.03. The number of aromatic nitrogens is 4. The molecule has 0 amide bonds. The van der Waals surface area contributed by atoms with Crippen molar-refractivity contribution in [2.45, 2.75) is 13.3 Å². The molecule has 0 saturated heterocycles. The summed E-state index contributed by atoms with van der Waals surface area (Å²) < 4.78 is 19.9. The molecule has 0 spiro atoms. The number of anilines is 1. The Balaban J connectivity index is 2.03. The Morgan fingerprint density at radius 1 is 1.52 bits per heavy atom. The molecule has 0 radical (unpaired) electrons. The van der Waals surface area contributed by atoms with Gasteiger partial charge in [0.2, 0.25) is 5.82 Å². The van der Waals surface area contributed by atoms with E-state index in [0.29, 0.717) is 25.3 Å². The van der Waals surface area contributed by atoms with Crippen LogP contribution in [0.15, 0.2) is 6.07 Å². The van der Waals surface area contributed by atoms with E-state index in [4.69, 9.17) is 16.3 Å². The average molecular weight is 312 g/mol. The van der Waals surface area contributed by atoms with Gasteiger partial charge >= 0.3 is 0 Å². The van der Waals surface area contributed by atoms with E-state index in [9.17, 15) is 4.39 Å². The summed E-state index contributed by atoms with van der Waals surface area (Å²) in [5, 5.41) is 13.7. The van der Waals surface area contributed by atoms with Crippen LogP contribution in [0.25, 0.3) is 11.4 Å². The Labute approximate surface area is 126 Å². The number of benzene rings is 1. The van der Waals surface area contributed by atoms with Gasteiger partial charge in [-0.25, -0.2) is 4.39 Å². The van der Waals surface area contributed by atoms with Gasteiger partial charge < -0.3 is 9.64 Å². The van der Waals surface area contributed by atoms with Gasteiger partial charge in [-0.15, -0.1) is 10.2 Å². The molecule has 0 unspecified atom stereocenters. The van der Waals surface area contributed by atoms with E-state index in [-0.39, 0.29) is 10.8 Å². The highest BCUT2D eigenvalue weighted by molar-refractivity contribution is 6.31. The first-order valence-electron chi connectivity index (χ1n) is 6.79. The van der Waals surface area contributed by atoms with Gasteiger partial charge in [-0.1, -0.05) is 11.6 Å². The van der Waals surface area contributed by atoms with E-state index < -0.39 is 5.82 Å². The number of H-pyrrole nitrogens is 1. The number of ether oxygens (including phenoxy) is 1. The number of nitrogens with zero attached hydrogens (tertiary/aromatic N) is 4. The van der Waals surface area contributed by atoms with Crippen molar-refractivity contribution in [3.63, 3.8) is 0 Å². The number of tetrazole rings is 1. The third kappa shape index (κ3) is 2.58. The van der Waals surface area contributed by atoms with Gasteiger partial charge in [-0.2, -0.15) is 5.21 Å². The summed E-state index contributed by atoms with van der Waals surface area (Å²) in [7, 11) is 0. The average Bonchev–Trinajstić information content (AvgIpc) is 3.11. The lowest BCUT2D eigenvalue weighted by molar-refractivity contribution is 0.154. The Bertz CT molecular complexity index is 634. The van der Waals surface area contributed by atoms with E-state index >= 15 is 0 Å². The summed E-state index contributed by atoms with van der Waals surface area (Å²) in [4.78, 5) is 2.08. The topological polar surface area (TPSA) is 66.9 Å². The molecule has 0 fully saturated rings. The molecule has 0 atom stereocenters. The number of aromatic amines is 1. The van der Waals surface area contributed by atoms with E-state index in [1.807, 2.05) is 6.92 Å².